The van der Waals surface area contributed by atoms with Crippen molar-refractivity contribution < 1.29 is 48.2 Å². The van der Waals surface area contributed by atoms with E-state index >= 15 is 0 Å². The fourth-order valence-electron chi connectivity index (χ4n) is 6.92. The van der Waals surface area contributed by atoms with Gasteiger partial charge in [0.2, 0.25) is 17.7 Å². The van der Waals surface area contributed by atoms with Crippen molar-refractivity contribution in [3.63, 3.8) is 0 Å². The molecule has 1 aliphatic rings. The number of hydroxylamine groups is 2. The van der Waals surface area contributed by atoms with E-state index < -0.39 is 53.4 Å². The summed E-state index contributed by atoms with van der Waals surface area (Å²) in [5.41, 5.74) is 8.19. The number of pyridine rings is 1. The van der Waals surface area contributed by atoms with Gasteiger partial charge in [-0.15, -0.1) is 5.06 Å². The summed E-state index contributed by atoms with van der Waals surface area (Å²) in [6.07, 6.45) is 0.801. The van der Waals surface area contributed by atoms with Crippen LogP contribution in [-0.4, -0.2) is 95.4 Å². The number of amides is 6. The first-order chi connectivity index (χ1) is 29.8. The second-order valence-electron chi connectivity index (χ2n) is 16.5. The fourth-order valence-corrected chi connectivity index (χ4v) is 6.92. The lowest BCUT2D eigenvalue weighted by Crippen LogP contribution is -2.53. The summed E-state index contributed by atoms with van der Waals surface area (Å²) in [6.45, 7) is 10.8. The Morgan fingerprint density at radius 2 is 1.57 bits per heavy atom. The van der Waals surface area contributed by atoms with Crippen molar-refractivity contribution in [2.24, 2.45) is 5.92 Å². The second kappa shape index (κ2) is 21.0. The molecule has 1 fully saturated rings. The number of nitrogens with two attached hydrogens (primary N) is 1. The second-order valence-corrected chi connectivity index (χ2v) is 16.5. The number of hydrogen-bond donors (Lipinski definition) is 5. The van der Waals surface area contributed by atoms with Gasteiger partial charge < -0.3 is 45.8 Å². The van der Waals surface area contributed by atoms with Crippen LogP contribution in [0.3, 0.4) is 0 Å². The summed E-state index contributed by atoms with van der Waals surface area (Å²) in [7, 11) is 0. The maximum Gasteiger partial charge on any atom is 0.410 e. The number of hydrogen-bond acceptors (Lipinski definition) is 13. The van der Waals surface area contributed by atoms with E-state index in [4.69, 9.17) is 20.3 Å². The summed E-state index contributed by atoms with van der Waals surface area (Å²) in [6, 6.07) is 12.3. The summed E-state index contributed by atoms with van der Waals surface area (Å²) in [5.74, 6) is -2.74. The highest BCUT2D eigenvalue weighted by Crippen LogP contribution is 2.30. The van der Waals surface area contributed by atoms with Crippen LogP contribution in [0.25, 0.3) is 21.9 Å². The molecule has 338 valence electrons. The Bertz CT molecular complexity index is 2320. The van der Waals surface area contributed by atoms with E-state index in [9.17, 15) is 38.7 Å². The third kappa shape index (κ3) is 12.7. The Morgan fingerprint density at radius 3 is 2.22 bits per heavy atom. The largest absolute Gasteiger partial charge is 0.445 e. The maximum atomic E-state index is 13.4. The van der Waals surface area contributed by atoms with Gasteiger partial charge >= 0.3 is 12.1 Å². The molecule has 0 spiro atoms. The Balaban J connectivity index is 1.07. The van der Waals surface area contributed by atoms with Crippen molar-refractivity contribution in [1.82, 2.24) is 35.1 Å². The van der Waals surface area contributed by atoms with E-state index in [1.54, 1.807) is 52.0 Å². The van der Waals surface area contributed by atoms with Gasteiger partial charge in [-0.3, -0.25) is 24.0 Å². The summed E-state index contributed by atoms with van der Waals surface area (Å²) < 4.78 is 7.53. The van der Waals surface area contributed by atoms with Crippen molar-refractivity contribution in [1.29, 1.82) is 0 Å². The lowest BCUT2D eigenvalue weighted by molar-refractivity contribution is -0.197. The van der Waals surface area contributed by atoms with Crippen LogP contribution in [0.4, 0.5) is 16.3 Å². The predicted molar refractivity (Wildman–Crippen MR) is 232 cm³/mol. The zero-order chi connectivity index (χ0) is 46.0. The zero-order valence-electron chi connectivity index (χ0n) is 36.6. The number of nitrogens with one attached hydrogen (secondary N) is 3. The zero-order valence-corrected chi connectivity index (χ0v) is 36.6. The predicted octanol–water partition coefficient (Wildman–Crippen LogP) is 4.24. The quantitative estimate of drug-likeness (QED) is 0.0616. The highest BCUT2D eigenvalue weighted by molar-refractivity contribution is 6.06. The number of nitrogens with zero attached hydrogens (tertiary/aromatic N) is 5. The number of carbonyl (C=O) groups excluding carboxylic acids is 7. The number of benzene rings is 2. The minimum Gasteiger partial charge on any atom is -0.445 e. The molecule has 0 saturated carbocycles. The van der Waals surface area contributed by atoms with E-state index in [2.05, 4.69) is 20.9 Å². The molecule has 0 bridgehead atoms. The molecule has 63 heavy (non-hydrogen) atoms. The number of fused-ring (bicyclic) bond motifs is 3. The van der Waals surface area contributed by atoms with Gasteiger partial charge in [-0.05, 0) is 70.2 Å². The first-order valence-electron chi connectivity index (χ1n) is 21.1. The van der Waals surface area contributed by atoms with Crippen molar-refractivity contribution >= 4 is 75.0 Å². The smallest absolute Gasteiger partial charge is 0.410 e. The maximum absolute atomic E-state index is 13.4. The molecule has 6 N–H and O–H groups in total. The summed E-state index contributed by atoms with van der Waals surface area (Å²) in [5, 5.41) is 20.3. The van der Waals surface area contributed by atoms with Crippen LogP contribution in [0.15, 0.2) is 48.5 Å². The Hall–Kier alpha value is -6.63. The van der Waals surface area contributed by atoms with Gasteiger partial charge in [0.15, 0.2) is 5.82 Å². The first-order valence-corrected chi connectivity index (χ1v) is 21.1. The highest BCUT2D eigenvalue weighted by atomic mass is 16.7. The average molecular weight is 872 g/mol. The number of anilines is 2. The SMILES string of the molecule is CCN(Cc1nc2c(N)nc3ccccc3c2n1CC(C)(C)O)C(=O)OCc1ccc(NC(=O)C(C)NC(=O)[C@@H](NC(=O)CCCCCC(=O)ON2C(=O)CCC2=O)C(C)C)cc1. The van der Waals surface area contributed by atoms with Crippen LogP contribution < -0.4 is 21.7 Å². The van der Waals surface area contributed by atoms with Crippen molar-refractivity contribution in [3.8, 4) is 0 Å². The Labute approximate surface area is 365 Å². The van der Waals surface area contributed by atoms with Crippen LogP contribution in [0.2, 0.25) is 0 Å². The minimum atomic E-state index is -1.11. The van der Waals surface area contributed by atoms with Crippen LogP contribution in [-0.2, 0) is 58.0 Å². The van der Waals surface area contributed by atoms with Gasteiger partial charge in [0.1, 0.15) is 30.0 Å². The van der Waals surface area contributed by atoms with E-state index in [0.29, 0.717) is 64.5 Å². The van der Waals surface area contributed by atoms with Crippen molar-refractivity contribution in [2.45, 2.75) is 124 Å². The number of ether oxygens (including phenoxy) is 1. The Kier molecular flexibility index (Phi) is 15.8. The van der Waals surface area contributed by atoms with Gasteiger partial charge in [0.05, 0.1) is 29.7 Å². The summed E-state index contributed by atoms with van der Waals surface area (Å²) >= 11 is 0. The third-order valence-corrected chi connectivity index (χ3v) is 10.3. The third-order valence-electron chi connectivity index (χ3n) is 10.3. The fraction of sp³-hybridized carbons (Fsp3) is 0.477. The summed E-state index contributed by atoms with van der Waals surface area (Å²) in [4.78, 5) is 103. The van der Waals surface area contributed by atoms with Gasteiger partial charge in [0.25, 0.3) is 11.8 Å². The molecule has 2 aromatic carbocycles. The van der Waals surface area contributed by atoms with Crippen LogP contribution in [0, 0.1) is 5.92 Å². The van der Waals surface area contributed by atoms with Gasteiger partial charge in [0, 0.05) is 43.3 Å². The van der Waals surface area contributed by atoms with Crippen LogP contribution in [0.5, 0.6) is 0 Å². The molecule has 3 heterocycles. The molecule has 19 heteroatoms. The lowest BCUT2D eigenvalue weighted by Gasteiger charge is -2.24. The number of imide groups is 1. The molecular weight excluding hydrogens is 815 g/mol. The molecule has 0 aliphatic carbocycles. The average Bonchev–Trinajstić information content (AvgIpc) is 3.74. The minimum absolute atomic E-state index is 0.0112. The molecule has 5 rings (SSSR count). The first kappa shape index (κ1) is 47.4. The highest BCUT2D eigenvalue weighted by Gasteiger charge is 2.33. The van der Waals surface area contributed by atoms with Gasteiger partial charge in [-0.25, -0.2) is 19.6 Å². The molecule has 1 saturated heterocycles. The number of para-hydroxylation sites is 1. The standard InChI is InChI=1S/C44H57N9O10/c1-7-51(23-32-49-38-39(52(32)25-44(5,6)61)30-13-11-12-14-31(30)48-40(38)45)43(60)62-24-28-17-19-29(20-18-28)47-41(58)27(4)46-42(59)37(26(2)3)50-33(54)15-9-8-10-16-36(57)63-53-34(55)21-22-35(53)56/h11-14,17-20,26-27,37,61H,7-10,15-16,21-25H2,1-6H3,(H2,45,48)(H,46,59)(H,47,58)(H,50,54)/t27?,37-/m0/s1. The number of rotatable bonds is 20. The van der Waals surface area contributed by atoms with E-state index in [1.807, 2.05) is 35.8 Å². The van der Waals surface area contributed by atoms with E-state index in [0.717, 1.165) is 5.39 Å². The number of aliphatic hydroxyl groups is 1. The number of carbonyl (C=O) groups is 7. The van der Waals surface area contributed by atoms with Crippen molar-refractivity contribution in [3.05, 3.63) is 59.9 Å². The van der Waals surface area contributed by atoms with E-state index in [-0.39, 0.29) is 63.0 Å². The number of imidazole rings is 1. The molecule has 19 nitrogen and oxygen atoms in total. The molecule has 1 aliphatic heterocycles. The number of unbranched alkanes of at least 4 members (excludes halogenated alkanes) is 2. The van der Waals surface area contributed by atoms with Crippen molar-refractivity contribution in [2.75, 3.05) is 17.6 Å². The molecule has 2 aromatic heterocycles. The lowest BCUT2D eigenvalue weighted by atomic mass is 10.0. The number of nitrogen functional groups attached to an aromatic ring is 1. The normalized spacial score (nSPS) is 13.9. The van der Waals surface area contributed by atoms with Gasteiger partial charge in [-0.2, -0.15) is 0 Å². The number of aromatic nitrogens is 3. The van der Waals surface area contributed by atoms with E-state index in [1.165, 1.54) is 11.8 Å². The topological polar surface area (TPSA) is 257 Å². The van der Waals surface area contributed by atoms with Crippen LogP contribution in [0.1, 0.15) is 97.9 Å². The van der Waals surface area contributed by atoms with Crippen LogP contribution >= 0.6 is 0 Å². The monoisotopic (exact) mass is 871 g/mol. The molecule has 2 atom stereocenters. The molecule has 6 amide bonds. The van der Waals surface area contributed by atoms with Gasteiger partial charge in [-0.1, -0.05) is 50.6 Å². The molecule has 4 aromatic rings. The molecule has 0 radical (unpaired) electrons. The molecular formula is C44H57N9O10. The molecule has 1 unspecified atom stereocenters. The Morgan fingerprint density at radius 1 is 0.905 bits per heavy atom.